The summed E-state index contributed by atoms with van der Waals surface area (Å²) < 4.78 is 25.7. The van der Waals surface area contributed by atoms with Crippen molar-refractivity contribution in [3.8, 4) is 5.75 Å². The largest absolute Gasteiger partial charge is 0.503 e. The molecule has 0 bridgehead atoms. The number of amides is 1. The van der Waals surface area contributed by atoms with Gasteiger partial charge in [0.2, 0.25) is 10.9 Å². The van der Waals surface area contributed by atoms with Crippen molar-refractivity contribution in [2.75, 3.05) is 11.5 Å². The van der Waals surface area contributed by atoms with Crippen LogP contribution < -0.4 is 9.64 Å². The predicted octanol–water partition coefficient (Wildman–Crippen LogP) is 6.22. The Labute approximate surface area is 231 Å². The molecule has 0 spiro atoms. The Balaban J connectivity index is 1.51. The van der Waals surface area contributed by atoms with Gasteiger partial charge in [-0.05, 0) is 48.4 Å². The number of carbonyl (C=O) groups is 2. The van der Waals surface area contributed by atoms with Crippen molar-refractivity contribution in [1.82, 2.24) is 10.2 Å². The lowest BCUT2D eigenvalue weighted by atomic mass is 9.95. The number of anilines is 1. The summed E-state index contributed by atoms with van der Waals surface area (Å²) in [5.41, 5.74) is 0.869. The number of rotatable bonds is 10. The molecule has 2 aromatic heterocycles. The monoisotopic (exact) mass is 563 g/mol. The molecule has 198 valence electrons. The number of aromatic nitrogens is 2. The zero-order chi connectivity index (χ0) is 27.5. The highest BCUT2D eigenvalue weighted by molar-refractivity contribution is 8.00. The zero-order valence-electron chi connectivity index (χ0n) is 20.7. The van der Waals surface area contributed by atoms with Gasteiger partial charge in [0.1, 0.15) is 23.9 Å². The Hall–Kier alpha value is -4.22. The average Bonchev–Trinajstić information content (AvgIpc) is 3.65. The van der Waals surface area contributed by atoms with Crippen LogP contribution in [0.2, 0.25) is 0 Å². The van der Waals surface area contributed by atoms with Crippen LogP contribution in [0, 0.1) is 12.7 Å². The van der Waals surface area contributed by atoms with Crippen LogP contribution in [0.25, 0.3) is 0 Å². The lowest BCUT2D eigenvalue weighted by Gasteiger charge is -2.24. The number of hydrogen-bond acceptors (Lipinski definition) is 9. The highest BCUT2D eigenvalue weighted by Gasteiger charge is 2.46. The Kier molecular flexibility index (Phi) is 7.62. The van der Waals surface area contributed by atoms with Gasteiger partial charge < -0.3 is 14.3 Å². The maximum atomic E-state index is 14.1. The summed E-state index contributed by atoms with van der Waals surface area (Å²) in [7, 11) is 0. The van der Waals surface area contributed by atoms with Crippen LogP contribution in [-0.4, -0.2) is 33.6 Å². The number of benzene rings is 2. The van der Waals surface area contributed by atoms with E-state index in [4.69, 9.17) is 9.15 Å². The minimum Gasteiger partial charge on any atom is -0.503 e. The molecular weight excluding hydrogens is 541 g/mol. The molecule has 8 nitrogen and oxygen atoms in total. The van der Waals surface area contributed by atoms with E-state index in [1.165, 1.54) is 28.8 Å². The van der Waals surface area contributed by atoms with Gasteiger partial charge in [-0.2, -0.15) is 0 Å². The number of aliphatic hydroxyl groups is 1. The lowest BCUT2D eigenvalue weighted by molar-refractivity contribution is -0.117. The van der Waals surface area contributed by atoms with Crippen LogP contribution in [0.4, 0.5) is 9.52 Å². The molecule has 39 heavy (non-hydrogen) atoms. The van der Waals surface area contributed by atoms with E-state index in [0.29, 0.717) is 32.7 Å². The summed E-state index contributed by atoms with van der Waals surface area (Å²) in [6.45, 7) is 5.60. The molecule has 0 saturated heterocycles. The molecule has 1 atom stereocenters. The van der Waals surface area contributed by atoms with Crippen molar-refractivity contribution in [3.05, 3.63) is 113 Å². The van der Waals surface area contributed by atoms with Crippen LogP contribution in [-0.2, 0) is 10.5 Å². The van der Waals surface area contributed by atoms with Crippen molar-refractivity contribution < 1.29 is 28.2 Å². The van der Waals surface area contributed by atoms with E-state index in [1.807, 2.05) is 0 Å². The average molecular weight is 564 g/mol. The van der Waals surface area contributed by atoms with Gasteiger partial charge in [0.05, 0.1) is 11.6 Å². The van der Waals surface area contributed by atoms with Gasteiger partial charge in [-0.15, -0.1) is 10.2 Å². The summed E-state index contributed by atoms with van der Waals surface area (Å²) in [5.74, 6) is -1.15. The minimum absolute atomic E-state index is 0.00819. The number of Topliss-reactive ketones (excluding diaryl/α,β-unsaturated/α-hetero) is 1. The highest BCUT2D eigenvalue weighted by atomic mass is 32.2. The Morgan fingerprint density at radius 1 is 1.23 bits per heavy atom. The molecule has 1 unspecified atom stereocenters. The van der Waals surface area contributed by atoms with E-state index < -0.39 is 23.5 Å². The fourth-order valence-electron chi connectivity index (χ4n) is 4.08. The molecule has 0 aliphatic carbocycles. The van der Waals surface area contributed by atoms with E-state index in [1.54, 1.807) is 61.5 Å². The van der Waals surface area contributed by atoms with Gasteiger partial charge in [-0.1, -0.05) is 66.1 Å². The third-order valence-corrected chi connectivity index (χ3v) is 7.97. The van der Waals surface area contributed by atoms with Crippen molar-refractivity contribution >= 4 is 39.9 Å². The van der Waals surface area contributed by atoms with Gasteiger partial charge in [0.25, 0.3) is 5.91 Å². The number of ether oxygens (including phenoxy) is 1. The number of ketones is 1. The molecular formula is C28H22FN3O5S2. The standard InChI is InChI=1S/C28H22FN3O5S2/c1-3-13-36-19-9-6-8-17(14-19)23-22(24(33)21-12-11-16(2)37-21)25(34)26(35)32(23)27-30-31-28(39-27)38-15-18-7-4-5-10-20(18)29/h3-12,14,23,34H,1,13,15H2,2H3. The van der Waals surface area contributed by atoms with E-state index in [2.05, 4.69) is 16.8 Å². The van der Waals surface area contributed by atoms with Crippen molar-refractivity contribution in [3.63, 3.8) is 0 Å². The highest BCUT2D eigenvalue weighted by Crippen LogP contribution is 2.44. The first-order valence-electron chi connectivity index (χ1n) is 11.8. The molecule has 1 aliphatic rings. The summed E-state index contributed by atoms with van der Waals surface area (Å²) in [4.78, 5) is 28.2. The maximum absolute atomic E-state index is 14.1. The summed E-state index contributed by atoms with van der Waals surface area (Å²) in [5, 5.41) is 19.5. The molecule has 1 amide bonds. The normalized spacial score (nSPS) is 15.2. The second-order valence-corrected chi connectivity index (χ2v) is 10.7. The van der Waals surface area contributed by atoms with Crippen LogP contribution in [0.15, 0.2) is 93.4 Å². The number of halogens is 1. The van der Waals surface area contributed by atoms with Crippen molar-refractivity contribution in [1.29, 1.82) is 0 Å². The number of carbonyl (C=O) groups excluding carboxylic acids is 2. The fraction of sp³-hybridized carbons (Fsp3) is 0.143. The number of hydrogen-bond donors (Lipinski definition) is 1. The summed E-state index contributed by atoms with van der Waals surface area (Å²) >= 11 is 2.36. The summed E-state index contributed by atoms with van der Waals surface area (Å²) in [6, 6.07) is 15.4. The first-order chi connectivity index (χ1) is 18.9. The first kappa shape index (κ1) is 26.4. The van der Waals surface area contributed by atoms with Gasteiger partial charge in [0, 0.05) is 5.75 Å². The number of thioether (sulfide) groups is 1. The van der Waals surface area contributed by atoms with E-state index in [-0.39, 0.29) is 28.9 Å². The topological polar surface area (TPSA) is 106 Å². The number of aryl methyl sites for hydroxylation is 1. The summed E-state index contributed by atoms with van der Waals surface area (Å²) in [6.07, 6.45) is 1.60. The molecule has 1 N–H and O–H groups in total. The van der Waals surface area contributed by atoms with Gasteiger partial charge in [-0.25, -0.2) is 4.39 Å². The minimum atomic E-state index is -1.03. The molecule has 3 heterocycles. The zero-order valence-corrected chi connectivity index (χ0v) is 22.3. The maximum Gasteiger partial charge on any atom is 0.296 e. The predicted molar refractivity (Wildman–Crippen MR) is 146 cm³/mol. The Bertz CT molecular complexity index is 1600. The van der Waals surface area contributed by atoms with Crippen LogP contribution >= 0.6 is 23.1 Å². The molecule has 2 aromatic carbocycles. The van der Waals surface area contributed by atoms with Crippen LogP contribution in [0.3, 0.4) is 0 Å². The molecule has 5 rings (SSSR count). The molecule has 0 saturated carbocycles. The van der Waals surface area contributed by atoms with E-state index in [0.717, 1.165) is 11.3 Å². The quantitative estimate of drug-likeness (QED) is 0.105. The molecule has 0 radical (unpaired) electrons. The third-order valence-electron chi connectivity index (χ3n) is 5.87. The van der Waals surface area contributed by atoms with Crippen molar-refractivity contribution in [2.24, 2.45) is 0 Å². The second-order valence-electron chi connectivity index (χ2n) is 8.48. The van der Waals surface area contributed by atoms with E-state index in [9.17, 15) is 19.1 Å². The van der Waals surface area contributed by atoms with Gasteiger partial charge in [-0.3, -0.25) is 14.5 Å². The third kappa shape index (κ3) is 5.36. The van der Waals surface area contributed by atoms with E-state index >= 15 is 0 Å². The molecule has 11 heteroatoms. The lowest BCUT2D eigenvalue weighted by Crippen LogP contribution is -2.31. The second kappa shape index (κ2) is 11.3. The van der Waals surface area contributed by atoms with Crippen molar-refractivity contribution in [2.45, 2.75) is 23.1 Å². The Morgan fingerprint density at radius 3 is 2.79 bits per heavy atom. The number of aliphatic hydroxyl groups excluding tert-OH is 1. The van der Waals surface area contributed by atoms with Crippen LogP contribution in [0.1, 0.15) is 33.5 Å². The Morgan fingerprint density at radius 2 is 2.05 bits per heavy atom. The van der Waals surface area contributed by atoms with Gasteiger partial charge in [0.15, 0.2) is 15.9 Å². The SMILES string of the molecule is C=CCOc1cccc(C2C(C(=O)c3ccc(C)o3)=C(O)C(=O)N2c2nnc(SCc3ccccc3F)s2)c1. The number of furan rings is 1. The molecule has 1 aliphatic heterocycles. The van der Waals surface area contributed by atoms with Gasteiger partial charge >= 0.3 is 0 Å². The number of nitrogens with zero attached hydrogens (tertiary/aromatic N) is 3. The molecule has 4 aromatic rings. The smallest absolute Gasteiger partial charge is 0.296 e. The van der Waals surface area contributed by atoms with Crippen LogP contribution in [0.5, 0.6) is 5.75 Å². The molecule has 0 fully saturated rings. The fourth-order valence-corrected chi connectivity index (χ4v) is 5.94. The first-order valence-corrected chi connectivity index (χ1v) is 13.6.